The van der Waals surface area contributed by atoms with Crippen molar-refractivity contribution in [2.24, 2.45) is 5.18 Å². The Morgan fingerprint density at radius 2 is 1.79 bits per heavy atom. The minimum absolute atomic E-state index is 0.325. The van der Waals surface area contributed by atoms with Crippen LogP contribution in [0.25, 0.3) is 0 Å². The highest BCUT2D eigenvalue weighted by Crippen LogP contribution is 2.34. The Bertz CT molecular complexity index is 830. The van der Waals surface area contributed by atoms with Crippen molar-refractivity contribution in [3.63, 3.8) is 0 Å². The Hall–Kier alpha value is -2.03. The van der Waals surface area contributed by atoms with Gasteiger partial charge in [0.1, 0.15) is 42.8 Å². The van der Waals surface area contributed by atoms with Gasteiger partial charge in [-0.25, -0.2) is 0 Å². The molecule has 8 heteroatoms. The van der Waals surface area contributed by atoms with Crippen LogP contribution in [0.4, 0.5) is 0 Å². The lowest BCUT2D eigenvalue weighted by atomic mass is 9.90. The SMILES string of the molecule is CCOc1ccc(Cc2cc(C3OC(CN=O)C(O)C(O)C3O)ccc2Cl)cc1. The first-order valence-electron chi connectivity index (χ1n) is 9.43. The second-order valence-electron chi connectivity index (χ2n) is 6.98. The summed E-state index contributed by atoms with van der Waals surface area (Å²) in [4.78, 5) is 10.6. The van der Waals surface area contributed by atoms with E-state index in [4.69, 9.17) is 21.1 Å². The van der Waals surface area contributed by atoms with Gasteiger partial charge >= 0.3 is 0 Å². The standard InChI is InChI=1S/C21H24ClNO6/c1-2-28-15-6-3-12(4-7-15)9-14-10-13(5-8-16(14)22)21-20(26)19(25)18(24)17(29-21)11-23-27/h3-8,10,17-21,24-26H,2,9,11H2,1H3. The normalized spacial score (nSPS) is 26.9. The van der Waals surface area contributed by atoms with E-state index in [0.29, 0.717) is 23.6 Å². The summed E-state index contributed by atoms with van der Waals surface area (Å²) in [7, 11) is 0. The number of ether oxygens (including phenoxy) is 2. The maximum atomic E-state index is 10.6. The van der Waals surface area contributed by atoms with Crippen LogP contribution in [0.5, 0.6) is 5.75 Å². The van der Waals surface area contributed by atoms with Crippen LogP contribution < -0.4 is 4.74 Å². The molecule has 3 N–H and O–H groups in total. The number of hydrogen-bond acceptors (Lipinski definition) is 7. The first-order valence-corrected chi connectivity index (χ1v) is 9.81. The van der Waals surface area contributed by atoms with Crippen molar-refractivity contribution in [2.75, 3.05) is 13.2 Å². The van der Waals surface area contributed by atoms with Gasteiger partial charge in [0.2, 0.25) is 0 Å². The molecule has 1 saturated heterocycles. The molecule has 0 aromatic heterocycles. The molecule has 156 valence electrons. The number of halogens is 1. The van der Waals surface area contributed by atoms with Crippen LogP contribution in [0.3, 0.4) is 0 Å². The van der Waals surface area contributed by atoms with E-state index in [0.717, 1.165) is 16.9 Å². The molecular weight excluding hydrogens is 398 g/mol. The highest BCUT2D eigenvalue weighted by Gasteiger charge is 2.44. The van der Waals surface area contributed by atoms with E-state index in [1.165, 1.54) is 0 Å². The molecule has 29 heavy (non-hydrogen) atoms. The summed E-state index contributed by atoms with van der Waals surface area (Å²) in [6.45, 7) is 2.19. The zero-order valence-electron chi connectivity index (χ0n) is 15.9. The molecule has 1 fully saturated rings. The van der Waals surface area contributed by atoms with Crippen molar-refractivity contribution < 1.29 is 24.8 Å². The molecular formula is C21H24ClNO6. The van der Waals surface area contributed by atoms with E-state index in [2.05, 4.69) is 5.18 Å². The quantitative estimate of drug-likeness (QED) is 0.593. The van der Waals surface area contributed by atoms with E-state index >= 15 is 0 Å². The molecule has 1 aliphatic heterocycles. The van der Waals surface area contributed by atoms with E-state index in [9.17, 15) is 20.2 Å². The average Bonchev–Trinajstić information content (AvgIpc) is 2.72. The van der Waals surface area contributed by atoms with Gasteiger partial charge in [-0.3, -0.25) is 0 Å². The molecule has 0 bridgehead atoms. The summed E-state index contributed by atoms with van der Waals surface area (Å²) in [6.07, 6.45) is -5.57. The number of nitrogens with zero attached hydrogens (tertiary/aromatic N) is 1. The van der Waals surface area contributed by atoms with Gasteiger partial charge in [0.05, 0.1) is 6.61 Å². The molecule has 0 radical (unpaired) electrons. The molecule has 2 aromatic carbocycles. The van der Waals surface area contributed by atoms with Crippen LogP contribution in [0.2, 0.25) is 5.02 Å². The zero-order valence-corrected chi connectivity index (χ0v) is 16.7. The van der Waals surface area contributed by atoms with E-state index < -0.39 is 30.5 Å². The first-order chi connectivity index (χ1) is 13.9. The highest BCUT2D eigenvalue weighted by atomic mass is 35.5. The van der Waals surface area contributed by atoms with Gasteiger partial charge in [-0.05, 0) is 48.2 Å². The molecule has 3 rings (SSSR count). The summed E-state index contributed by atoms with van der Waals surface area (Å²) >= 11 is 6.36. The summed E-state index contributed by atoms with van der Waals surface area (Å²) in [5.41, 5.74) is 2.43. The van der Waals surface area contributed by atoms with Gasteiger partial charge in [0.25, 0.3) is 0 Å². The molecule has 5 atom stereocenters. The van der Waals surface area contributed by atoms with Crippen molar-refractivity contribution in [1.82, 2.24) is 0 Å². The van der Waals surface area contributed by atoms with Crippen LogP contribution >= 0.6 is 11.6 Å². The third kappa shape index (κ3) is 4.94. The minimum Gasteiger partial charge on any atom is -0.494 e. The van der Waals surface area contributed by atoms with Crippen molar-refractivity contribution in [3.05, 3.63) is 69.1 Å². The zero-order chi connectivity index (χ0) is 21.0. The minimum atomic E-state index is -1.45. The Labute approximate surface area is 173 Å². The maximum absolute atomic E-state index is 10.6. The van der Waals surface area contributed by atoms with Crippen LogP contribution in [-0.2, 0) is 11.2 Å². The van der Waals surface area contributed by atoms with Crippen molar-refractivity contribution >= 4 is 11.6 Å². The van der Waals surface area contributed by atoms with E-state index in [-0.39, 0.29) is 6.54 Å². The number of nitroso groups, excluding NO2 is 1. The monoisotopic (exact) mass is 421 g/mol. The van der Waals surface area contributed by atoms with Gasteiger partial charge in [-0.1, -0.05) is 41.0 Å². The molecule has 2 aromatic rings. The molecule has 0 amide bonds. The van der Waals surface area contributed by atoms with Crippen LogP contribution in [0.15, 0.2) is 47.6 Å². The molecule has 0 saturated carbocycles. The lowest BCUT2D eigenvalue weighted by Crippen LogP contribution is -2.55. The van der Waals surface area contributed by atoms with Crippen molar-refractivity contribution in [2.45, 2.75) is 43.9 Å². The Morgan fingerprint density at radius 3 is 2.45 bits per heavy atom. The third-order valence-corrected chi connectivity index (χ3v) is 5.36. The largest absolute Gasteiger partial charge is 0.494 e. The predicted octanol–water partition coefficient (Wildman–Crippen LogP) is 2.62. The lowest BCUT2D eigenvalue weighted by molar-refractivity contribution is -0.221. The number of aliphatic hydroxyl groups excluding tert-OH is 3. The van der Waals surface area contributed by atoms with Crippen LogP contribution in [0.1, 0.15) is 29.7 Å². The van der Waals surface area contributed by atoms with Crippen molar-refractivity contribution in [1.29, 1.82) is 0 Å². The van der Waals surface area contributed by atoms with Crippen LogP contribution in [-0.4, -0.2) is 52.9 Å². The summed E-state index contributed by atoms with van der Waals surface area (Å²) < 4.78 is 11.1. The summed E-state index contributed by atoms with van der Waals surface area (Å²) in [5.74, 6) is 0.789. The highest BCUT2D eigenvalue weighted by molar-refractivity contribution is 6.31. The number of hydrogen-bond donors (Lipinski definition) is 3. The van der Waals surface area contributed by atoms with Crippen molar-refractivity contribution in [3.8, 4) is 5.75 Å². The van der Waals surface area contributed by atoms with Crippen LogP contribution in [0, 0.1) is 4.91 Å². The Morgan fingerprint density at radius 1 is 1.07 bits per heavy atom. The molecule has 0 aliphatic carbocycles. The summed E-state index contributed by atoms with van der Waals surface area (Å²) in [5, 5.41) is 33.8. The maximum Gasteiger partial charge on any atom is 0.119 e. The van der Waals surface area contributed by atoms with Gasteiger partial charge in [-0.15, -0.1) is 0 Å². The number of benzene rings is 2. The Kier molecular flexibility index (Phi) is 7.21. The topological polar surface area (TPSA) is 109 Å². The predicted molar refractivity (Wildman–Crippen MR) is 108 cm³/mol. The van der Waals surface area contributed by atoms with Gasteiger partial charge in [0, 0.05) is 5.02 Å². The Balaban J connectivity index is 1.83. The fourth-order valence-electron chi connectivity index (χ4n) is 3.45. The van der Waals surface area contributed by atoms with E-state index in [1.54, 1.807) is 18.2 Å². The number of rotatable bonds is 7. The smallest absolute Gasteiger partial charge is 0.119 e. The molecule has 5 unspecified atom stereocenters. The molecule has 7 nitrogen and oxygen atoms in total. The van der Waals surface area contributed by atoms with Gasteiger partial charge < -0.3 is 24.8 Å². The second kappa shape index (κ2) is 9.65. The molecule has 1 aliphatic rings. The summed E-state index contributed by atoms with van der Waals surface area (Å²) in [6, 6.07) is 12.9. The fourth-order valence-corrected chi connectivity index (χ4v) is 3.63. The van der Waals surface area contributed by atoms with E-state index in [1.807, 2.05) is 31.2 Å². The third-order valence-electron chi connectivity index (χ3n) is 4.99. The second-order valence-corrected chi connectivity index (χ2v) is 7.39. The fraction of sp³-hybridized carbons (Fsp3) is 0.429. The average molecular weight is 422 g/mol. The number of aliphatic hydroxyl groups is 3. The van der Waals surface area contributed by atoms with Gasteiger partial charge in [-0.2, -0.15) is 4.91 Å². The molecule has 0 spiro atoms. The van der Waals surface area contributed by atoms with Gasteiger partial charge in [0.15, 0.2) is 0 Å². The lowest BCUT2D eigenvalue weighted by Gasteiger charge is -2.40. The molecule has 1 heterocycles. The first kappa shape index (κ1) is 21.7.